The van der Waals surface area contributed by atoms with Gasteiger partial charge in [-0.2, -0.15) is 0 Å². The smallest absolute Gasteiger partial charge is 0.349 e. The molecule has 38 heavy (non-hydrogen) atoms. The number of esters is 2. The lowest BCUT2D eigenvalue weighted by atomic mass is 10.1. The van der Waals surface area contributed by atoms with E-state index in [2.05, 4.69) is 13.8 Å². The molecule has 0 aliphatic heterocycles. The normalized spacial score (nSPS) is 12.6. The summed E-state index contributed by atoms with van der Waals surface area (Å²) in [6.07, 6.45) is 17.6. The highest BCUT2D eigenvalue weighted by atomic mass is 16.6. The van der Waals surface area contributed by atoms with Crippen molar-refractivity contribution >= 4 is 23.9 Å². The molecule has 0 aromatic carbocycles. The lowest BCUT2D eigenvalue weighted by Crippen LogP contribution is -2.45. The van der Waals surface area contributed by atoms with Gasteiger partial charge in [0.1, 0.15) is 0 Å². The molecule has 0 aliphatic rings. The molecule has 0 saturated heterocycles. The van der Waals surface area contributed by atoms with Gasteiger partial charge in [0.15, 0.2) is 0 Å². The molecule has 0 aromatic heterocycles. The topological polar surface area (TPSA) is 127 Å². The minimum absolute atomic E-state index is 0.000824. The fraction of sp³-hybridized carbons (Fsp3) is 0.867. The van der Waals surface area contributed by atoms with Crippen LogP contribution in [0.25, 0.3) is 0 Å². The van der Waals surface area contributed by atoms with E-state index in [1.54, 1.807) is 0 Å². The zero-order chi connectivity index (χ0) is 28.4. The second-order valence-electron chi connectivity index (χ2n) is 10.4. The monoisotopic (exact) mass is 542 g/mol. The van der Waals surface area contributed by atoms with E-state index in [9.17, 15) is 29.4 Å². The molecule has 2 atom stereocenters. The van der Waals surface area contributed by atoms with E-state index in [1.165, 1.54) is 77.0 Å². The number of carboxylic acids is 2. The summed E-state index contributed by atoms with van der Waals surface area (Å²) in [4.78, 5) is 47.5. The van der Waals surface area contributed by atoms with Crippen LogP contribution in [0.3, 0.4) is 0 Å². The van der Waals surface area contributed by atoms with Crippen LogP contribution in [0.15, 0.2) is 0 Å². The second-order valence-corrected chi connectivity index (χ2v) is 10.4. The lowest BCUT2D eigenvalue weighted by Gasteiger charge is -2.21. The molecular formula is C30H54O8. The maximum Gasteiger partial charge on any atom is 0.349 e. The molecule has 2 N–H and O–H groups in total. The first-order chi connectivity index (χ1) is 18.3. The van der Waals surface area contributed by atoms with Crippen LogP contribution in [-0.2, 0) is 28.7 Å². The van der Waals surface area contributed by atoms with Gasteiger partial charge < -0.3 is 19.7 Å². The van der Waals surface area contributed by atoms with Crippen molar-refractivity contribution in [1.29, 1.82) is 0 Å². The van der Waals surface area contributed by atoms with Crippen molar-refractivity contribution in [2.75, 3.05) is 0 Å². The molecule has 222 valence electrons. The average Bonchev–Trinajstić information content (AvgIpc) is 2.88. The third-order valence-corrected chi connectivity index (χ3v) is 6.75. The Kier molecular flexibility index (Phi) is 23.8. The Balaban J connectivity index is 4.23. The second kappa shape index (κ2) is 25.2. The van der Waals surface area contributed by atoms with Crippen molar-refractivity contribution < 1.29 is 38.9 Å². The molecule has 0 bridgehead atoms. The highest BCUT2D eigenvalue weighted by Crippen LogP contribution is 2.15. The van der Waals surface area contributed by atoms with Crippen molar-refractivity contribution in [2.45, 2.75) is 167 Å². The molecule has 0 heterocycles. The molecule has 0 radical (unpaired) electrons. The Morgan fingerprint density at radius 3 is 0.921 bits per heavy atom. The lowest BCUT2D eigenvalue weighted by molar-refractivity contribution is -0.187. The van der Waals surface area contributed by atoms with E-state index in [0.29, 0.717) is 12.8 Å². The highest BCUT2D eigenvalue weighted by Gasteiger charge is 2.40. The van der Waals surface area contributed by atoms with Gasteiger partial charge in [0.2, 0.25) is 12.2 Å². The minimum atomic E-state index is -2.07. The predicted molar refractivity (Wildman–Crippen MR) is 148 cm³/mol. The van der Waals surface area contributed by atoms with Gasteiger partial charge in [-0.1, -0.05) is 129 Å². The van der Waals surface area contributed by atoms with E-state index in [4.69, 9.17) is 9.47 Å². The SMILES string of the molecule is CCCCCCCCCCCCC(=O)OC(C(=O)O)C(OC(=O)CCCCCCCCCCCC)C(=O)O. The van der Waals surface area contributed by atoms with E-state index in [0.717, 1.165) is 38.5 Å². The fourth-order valence-electron chi connectivity index (χ4n) is 4.40. The first-order valence-corrected chi connectivity index (χ1v) is 15.2. The molecule has 0 amide bonds. The van der Waals surface area contributed by atoms with Crippen molar-refractivity contribution in [3.63, 3.8) is 0 Å². The number of ether oxygens (including phenoxy) is 2. The number of carbonyl (C=O) groups is 4. The number of rotatable bonds is 27. The summed E-state index contributed by atoms with van der Waals surface area (Å²) >= 11 is 0. The molecular weight excluding hydrogens is 488 g/mol. The van der Waals surface area contributed by atoms with Gasteiger partial charge in [0.25, 0.3) is 0 Å². The Morgan fingerprint density at radius 2 is 0.684 bits per heavy atom. The average molecular weight is 543 g/mol. The number of unbranched alkanes of at least 4 members (excludes halogenated alkanes) is 18. The maximum atomic E-state index is 12.2. The van der Waals surface area contributed by atoms with E-state index in [-0.39, 0.29) is 12.8 Å². The van der Waals surface area contributed by atoms with Gasteiger partial charge in [-0.3, -0.25) is 9.59 Å². The van der Waals surface area contributed by atoms with Gasteiger partial charge in [0.05, 0.1) is 0 Å². The molecule has 8 heteroatoms. The summed E-state index contributed by atoms with van der Waals surface area (Å²) in [5, 5.41) is 18.9. The highest BCUT2D eigenvalue weighted by molar-refractivity contribution is 5.87. The summed E-state index contributed by atoms with van der Waals surface area (Å²) in [6.45, 7) is 4.38. The van der Waals surface area contributed by atoms with Crippen LogP contribution in [0.4, 0.5) is 0 Å². The molecule has 2 unspecified atom stereocenters. The molecule has 0 saturated carbocycles. The van der Waals surface area contributed by atoms with Crippen molar-refractivity contribution in [3.05, 3.63) is 0 Å². The van der Waals surface area contributed by atoms with Crippen LogP contribution >= 0.6 is 0 Å². The summed E-state index contributed by atoms with van der Waals surface area (Å²) in [6, 6.07) is 0. The van der Waals surface area contributed by atoms with Crippen LogP contribution in [-0.4, -0.2) is 46.3 Å². The quantitative estimate of drug-likeness (QED) is 0.0802. The van der Waals surface area contributed by atoms with E-state index < -0.39 is 36.1 Å². The number of hydrogen-bond donors (Lipinski definition) is 2. The summed E-state index contributed by atoms with van der Waals surface area (Å²) in [5.74, 6) is -4.90. The van der Waals surface area contributed by atoms with E-state index >= 15 is 0 Å². The third-order valence-electron chi connectivity index (χ3n) is 6.75. The fourth-order valence-corrected chi connectivity index (χ4v) is 4.40. The van der Waals surface area contributed by atoms with E-state index in [1.807, 2.05) is 0 Å². The van der Waals surface area contributed by atoms with Crippen molar-refractivity contribution in [2.24, 2.45) is 0 Å². The number of carbonyl (C=O) groups excluding carboxylic acids is 2. The van der Waals surface area contributed by atoms with Gasteiger partial charge in [-0.15, -0.1) is 0 Å². The predicted octanol–water partition coefficient (Wildman–Crippen LogP) is 7.60. The Bertz CT molecular complexity index is 580. The first kappa shape index (κ1) is 35.9. The van der Waals surface area contributed by atoms with Crippen LogP contribution in [0, 0.1) is 0 Å². The van der Waals surface area contributed by atoms with Gasteiger partial charge in [-0.05, 0) is 12.8 Å². The van der Waals surface area contributed by atoms with Crippen LogP contribution in [0.5, 0.6) is 0 Å². The Morgan fingerprint density at radius 1 is 0.447 bits per heavy atom. The Labute approximate surface area is 230 Å². The van der Waals surface area contributed by atoms with Crippen LogP contribution in [0.1, 0.15) is 155 Å². The van der Waals surface area contributed by atoms with Crippen molar-refractivity contribution in [3.8, 4) is 0 Å². The molecule has 0 spiro atoms. The number of aliphatic carboxylic acids is 2. The third kappa shape index (κ3) is 20.9. The molecule has 0 aromatic rings. The van der Waals surface area contributed by atoms with Crippen molar-refractivity contribution in [1.82, 2.24) is 0 Å². The molecule has 0 aliphatic carbocycles. The number of carboxylic acid groups (broad SMARTS) is 2. The van der Waals surface area contributed by atoms with Gasteiger partial charge in [0, 0.05) is 12.8 Å². The van der Waals surface area contributed by atoms with Crippen LogP contribution < -0.4 is 0 Å². The zero-order valence-electron chi connectivity index (χ0n) is 24.1. The zero-order valence-corrected chi connectivity index (χ0v) is 24.1. The van der Waals surface area contributed by atoms with Gasteiger partial charge in [-0.25, -0.2) is 9.59 Å². The summed E-state index contributed by atoms with van der Waals surface area (Å²) in [7, 11) is 0. The summed E-state index contributed by atoms with van der Waals surface area (Å²) < 4.78 is 9.85. The van der Waals surface area contributed by atoms with Crippen LogP contribution in [0.2, 0.25) is 0 Å². The molecule has 8 nitrogen and oxygen atoms in total. The first-order valence-electron chi connectivity index (χ1n) is 15.2. The minimum Gasteiger partial charge on any atom is -0.478 e. The number of hydrogen-bond acceptors (Lipinski definition) is 6. The summed E-state index contributed by atoms with van der Waals surface area (Å²) in [5.41, 5.74) is 0. The molecule has 0 fully saturated rings. The van der Waals surface area contributed by atoms with Gasteiger partial charge >= 0.3 is 23.9 Å². The Hall–Kier alpha value is -2.12. The standard InChI is InChI=1S/C30H54O8/c1-3-5-7-9-11-13-15-17-19-21-23-25(31)37-27(29(33)34)28(30(35)36)38-26(32)24-22-20-18-16-14-12-10-8-6-4-2/h27-28H,3-24H2,1-2H3,(H,33,34)(H,35,36). The maximum absolute atomic E-state index is 12.2. The molecule has 0 rings (SSSR count). The largest absolute Gasteiger partial charge is 0.478 e.